The van der Waals surface area contributed by atoms with Crippen LogP contribution in [0.5, 0.6) is 0 Å². The SMILES string of the molecule is CN(C(=O)c1ccc(F)cc1)c1ccccc1N(C)C(=O)c1ccc(F)cc1.ClC(Cl)Cl.ClC(Cl)Cl. The number of anilines is 2. The van der Waals surface area contributed by atoms with Crippen LogP contribution in [0.3, 0.4) is 0 Å². The Kier molecular flexibility index (Phi) is 14.4. The Bertz CT molecular complexity index is 1020. The lowest BCUT2D eigenvalue weighted by molar-refractivity contribution is 0.0981. The molecule has 0 radical (unpaired) electrons. The molecule has 0 saturated heterocycles. The van der Waals surface area contributed by atoms with Crippen LogP contribution in [0.2, 0.25) is 0 Å². The Labute approximate surface area is 238 Å². The van der Waals surface area contributed by atoms with Gasteiger partial charge in [0.2, 0.25) is 0 Å². The summed E-state index contributed by atoms with van der Waals surface area (Å²) in [5, 5.41) is 0. The molecule has 0 fully saturated rings. The van der Waals surface area contributed by atoms with Gasteiger partial charge in [0.05, 0.1) is 11.4 Å². The smallest absolute Gasteiger partial charge is 0.258 e. The summed E-state index contributed by atoms with van der Waals surface area (Å²) < 4.78 is 24.8. The van der Waals surface area contributed by atoms with Crippen molar-refractivity contribution in [3.05, 3.63) is 95.6 Å². The van der Waals surface area contributed by atoms with Crippen molar-refractivity contribution in [2.75, 3.05) is 23.9 Å². The summed E-state index contributed by atoms with van der Waals surface area (Å²) in [6.07, 6.45) is 0. The number of para-hydroxylation sites is 2. The fourth-order valence-corrected chi connectivity index (χ4v) is 2.82. The third kappa shape index (κ3) is 11.1. The molecular formula is C24H20Cl6F2N2O2. The molecule has 12 heteroatoms. The predicted molar refractivity (Wildman–Crippen MR) is 147 cm³/mol. The highest BCUT2D eigenvalue weighted by Gasteiger charge is 2.21. The van der Waals surface area contributed by atoms with Crippen molar-refractivity contribution in [2.45, 2.75) is 8.59 Å². The second-order valence-electron chi connectivity index (χ2n) is 6.73. The first-order valence-electron chi connectivity index (χ1n) is 9.85. The number of carbonyl (C=O) groups is 2. The van der Waals surface area contributed by atoms with Gasteiger partial charge in [-0.2, -0.15) is 0 Å². The molecule has 0 saturated carbocycles. The maximum atomic E-state index is 13.1. The van der Waals surface area contributed by atoms with Crippen LogP contribution in [0.15, 0.2) is 72.8 Å². The lowest BCUT2D eigenvalue weighted by atomic mass is 10.1. The number of amides is 2. The molecule has 0 aliphatic carbocycles. The largest absolute Gasteiger partial charge is 0.309 e. The third-order valence-electron chi connectivity index (χ3n) is 4.40. The second-order valence-corrected chi connectivity index (χ2v) is 10.7. The molecule has 0 aliphatic rings. The number of halogens is 8. The number of carbonyl (C=O) groups excluding carboxylic acids is 2. The Morgan fingerprint density at radius 2 is 0.833 bits per heavy atom. The summed E-state index contributed by atoms with van der Waals surface area (Å²) >= 11 is 28.8. The van der Waals surface area contributed by atoms with E-state index >= 15 is 0 Å². The van der Waals surface area contributed by atoms with Crippen LogP contribution in [0.4, 0.5) is 20.2 Å². The molecular weight excluding hydrogens is 599 g/mol. The number of hydrogen-bond acceptors (Lipinski definition) is 2. The highest BCUT2D eigenvalue weighted by Crippen LogP contribution is 2.30. The highest BCUT2D eigenvalue weighted by molar-refractivity contribution is 6.63. The van der Waals surface area contributed by atoms with E-state index < -0.39 is 20.2 Å². The van der Waals surface area contributed by atoms with Crippen molar-refractivity contribution in [1.29, 1.82) is 0 Å². The monoisotopic (exact) mass is 616 g/mol. The molecule has 0 heterocycles. The normalized spacial score (nSPS) is 10.1. The minimum atomic E-state index is -0.750. The topological polar surface area (TPSA) is 40.6 Å². The van der Waals surface area contributed by atoms with Crippen LogP contribution in [0.25, 0.3) is 0 Å². The van der Waals surface area contributed by atoms with Gasteiger partial charge in [0, 0.05) is 25.2 Å². The quantitative estimate of drug-likeness (QED) is 0.275. The molecule has 3 rings (SSSR count). The molecule has 2 amide bonds. The first-order chi connectivity index (χ1) is 16.8. The van der Waals surface area contributed by atoms with E-state index in [-0.39, 0.29) is 11.8 Å². The molecule has 0 aromatic heterocycles. The number of hydrogen-bond donors (Lipinski definition) is 0. The van der Waals surface area contributed by atoms with E-state index in [0.717, 1.165) is 0 Å². The van der Waals surface area contributed by atoms with E-state index in [9.17, 15) is 18.4 Å². The molecule has 0 bridgehead atoms. The molecule has 3 aromatic carbocycles. The number of alkyl halides is 6. The summed E-state index contributed by atoms with van der Waals surface area (Å²) in [7, 11) is 3.17. The third-order valence-corrected chi connectivity index (χ3v) is 4.40. The maximum Gasteiger partial charge on any atom is 0.258 e. The average Bonchev–Trinajstić information content (AvgIpc) is 2.82. The first kappa shape index (κ1) is 32.2. The van der Waals surface area contributed by atoms with Gasteiger partial charge < -0.3 is 9.80 Å². The van der Waals surface area contributed by atoms with Gasteiger partial charge in [-0.15, -0.1) is 0 Å². The van der Waals surface area contributed by atoms with E-state index in [1.165, 1.54) is 58.3 Å². The van der Waals surface area contributed by atoms with Crippen molar-refractivity contribution >= 4 is 92.8 Å². The van der Waals surface area contributed by atoms with Gasteiger partial charge in [-0.05, 0) is 60.7 Å². The van der Waals surface area contributed by atoms with Crippen LogP contribution in [-0.4, -0.2) is 34.5 Å². The van der Waals surface area contributed by atoms with E-state index in [4.69, 9.17) is 69.6 Å². The van der Waals surface area contributed by atoms with Crippen LogP contribution in [-0.2, 0) is 0 Å². The number of rotatable bonds is 4. The molecule has 3 aromatic rings. The Balaban J connectivity index is 0.000000709. The summed E-state index contributed by atoms with van der Waals surface area (Å²) in [6, 6.07) is 17.4. The van der Waals surface area contributed by atoms with Gasteiger partial charge in [0.1, 0.15) is 11.6 Å². The standard InChI is InChI=1S/C22H18F2N2O2.2CHCl3/c1-25(21(27)15-7-11-17(23)12-8-15)19-5-3-4-6-20(19)26(2)22(28)16-9-13-18(24)14-10-16;2*2-1(3)4/h3-14H,1-2H3;2*1H. The minimum Gasteiger partial charge on any atom is -0.309 e. The molecule has 36 heavy (non-hydrogen) atoms. The van der Waals surface area contributed by atoms with E-state index in [0.29, 0.717) is 22.5 Å². The molecule has 0 spiro atoms. The van der Waals surface area contributed by atoms with Gasteiger partial charge in [0.25, 0.3) is 11.8 Å². The molecule has 0 unspecified atom stereocenters. The van der Waals surface area contributed by atoms with Crippen LogP contribution in [0, 0.1) is 11.6 Å². The average molecular weight is 619 g/mol. The Morgan fingerprint density at radius 3 is 1.08 bits per heavy atom. The minimum absolute atomic E-state index is 0.325. The molecule has 4 nitrogen and oxygen atoms in total. The fraction of sp³-hybridized carbons (Fsp3) is 0.167. The molecule has 194 valence electrons. The summed E-state index contributed by atoms with van der Waals surface area (Å²) in [6.45, 7) is 0. The Hall–Kier alpha value is -1.80. The van der Waals surface area contributed by atoms with E-state index in [1.54, 1.807) is 38.4 Å². The van der Waals surface area contributed by atoms with Crippen LogP contribution in [0.1, 0.15) is 20.7 Å². The summed E-state index contributed by atoms with van der Waals surface area (Å²) in [5.74, 6) is -1.53. The summed E-state index contributed by atoms with van der Waals surface area (Å²) in [4.78, 5) is 28.3. The van der Waals surface area contributed by atoms with Gasteiger partial charge in [-0.3, -0.25) is 9.59 Å². The zero-order valence-corrected chi connectivity index (χ0v) is 23.4. The number of nitrogens with zero attached hydrogens (tertiary/aromatic N) is 2. The van der Waals surface area contributed by atoms with Crippen molar-refractivity contribution < 1.29 is 18.4 Å². The predicted octanol–water partition coefficient (Wildman–Crippen LogP) is 8.49. The maximum absolute atomic E-state index is 13.1. The second kappa shape index (κ2) is 16.1. The van der Waals surface area contributed by atoms with Crippen molar-refractivity contribution in [3.8, 4) is 0 Å². The van der Waals surface area contributed by atoms with Crippen LogP contribution < -0.4 is 9.80 Å². The van der Waals surface area contributed by atoms with Crippen LogP contribution >= 0.6 is 69.6 Å². The van der Waals surface area contributed by atoms with Gasteiger partial charge >= 0.3 is 0 Å². The molecule has 0 atom stereocenters. The van der Waals surface area contributed by atoms with Crippen molar-refractivity contribution in [3.63, 3.8) is 0 Å². The molecule has 0 N–H and O–H groups in total. The summed E-state index contributed by atoms with van der Waals surface area (Å²) in [5.41, 5.74) is 1.67. The van der Waals surface area contributed by atoms with Gasteiger partial charge in [-0.1, -0.05) is 81.7 Å². The van der Waals surface area contributed by atoms with Gasteiger partial charge in [0.15, 0.2) is 8.59 Å². The van der Waals surface area contributed by atoms with Crippen molar-refractivity contribution in [2.24, 2.45) is 0 Å². The zero-order valence-electron chi connectivity index (χ0n) is 18.8. The lowest BCUT2D eigenvalue weighted by Crippen LogP contribution is -2.31. The lowest BCUT2D eigenvalue weighted by Gasteiger charge is -2.26. The zero-order chi connectivity index (χ0) is 27.4. The fourth-order valence-electron chi connectivity index (χ4n) is 2.82. The highest BCUT2D eigenvalue weighted by atomic mass is 35.6. The number of benzene rings is 3. The van der Waals surface area contributed by atoms with Gasteiger partial charge in [-0.25, -0.2) is 8.78 Å². The van der Waals surface area contributed by atoms with Crippen molar-refractivity contribution in [1.82, 2.24) is 0 Å². The first-order valence-corrected chi connectivity index (χ1v) is 12.5. The Morgan fingerprint density at radius 1 is 0.583 bits per heavy atom. The van der Waals surface area contributed by atoms with E-state index in [1.807, 2.05) is 0 Å². The molecule has 0 aliphatic heterocycles. The van der Waals surface area contributed by atoms with E-state index in [2.05, 4.69) is 0 Å².